The molecular weight excluding hydrogens is 308 g/mol. The van der Waals surface area contributed by atoms with Crippen LogP contribution in [-0.4, -0.2) is 11.6 Å². The molecule has 3 nitrogen and oxygen atoms in total. The molecule has 0 spiro atoms. The Hall–Kier alpha value is -2.13. The van der Waals surface area contributed by atoms with Gasteiger partial charge in [0.2, 0.25) is 0 Å². The highest BCUT2D eigenvalue weighted by Crippen LogP contribution is 2.22. The summed E-state index contributed by atoms with van der Waals surface area (Å²) < 4.78 is 0. The number of carbonyl (C=O) groups is 1. The second-order valence-corrected chi connectivity index (χ2v) is 6.85. The third kappa shape index (κ3) is 4.42. The van der Waals surface area contributed by atoms with Crippen molar-refractivity contribution in [3.05, 3.63) is 70.2 Å². The number of halogens is 1. The molecule has 0 radical (unpaired) electrons. The number of nitrogens with zero attached hydrogens (tertiary/aromatic N) is 1. The molecule has 0 aliphatic carbocycles. The highest BCUT2D eigenvalue weighted by atomic mass is 35.5. The molecule has 0 atom stereocenters. The zero-order valence-corrected chi connectivity index (χ0v) is 14.6. The Kier molecular flexibility index (Phi) is 5.22. The Balaban J connectivity index is 2.10. The van der Waals surface area contributed by atoms with Crippen molar-refractivity contribution < 1.29 is 4.79 Å². The van der Waals surface area contributed by atoms with Gasteiger partial charge < -0.3 is 0 Å². The number of nitrogens with one attached hydrogen (secondary N) is 1. The lowest BCUT2D eigenvalue weighted by molar-refractivity contribution is 0.0955. The number of hydrogen-bond donors (Lipinski definition) is 1. The summed E-state index contributed by atoms with van der Waals surface area (Å²) in [5.41, 5.74) is 5.86. The van der Waals surface area contributed by atoms with Crippen molar-refractivity contribution >= 4 is 23.2 Å². The molecule has 1 amide bonds. The second-order valence-electron chi connectivity index (χ2n) is 6.45. The van der Waals surface area contributed by atoms with Gasteiger partial charge >= 0.3 is 0 Å². The molecule has 4 heteroatoms. The van der Waals surface area contributed by atoms with Crippen LogP contribution in [0.4, 0.5) is 0 Å². The molecular formula is C19H21ClN2O. The van der Waals surface area contributed by atoms with Gasteiger partial charge in [-0.1, -0.05) is 62.7 Å². The van der Waals surface area contributed by atoms with E-state index < -0.39 is 0 Å². The summed E-state index contributed by atoms with van der Waals surface area (Å²) in [6.07, 6.45) is 0. The van der Waals surface area contributed by atoms with Gasteiger partial charge in [-0.2, -0.15) is 5.10 Å². The van der Waals surface area contributed by atoms with Crippen LogP contribution in [0.15, 0.2) is 53.6 Å². The van der Waals surface area contributed by atoms with Gasteiger partial charge in [-0.25, -0.2) is 5.43 Å². The number of hydrogen-bond acceptors (Lipinski definition) is 2. The predicted molar refractivity (Wildman–Crippen MR) is 96.3 cm³/mol. The van der Waals surface area contributed by atoms with Crippen molar-refractivity contribution in [3.63, 3.8) is 0 Å². The first-order valence-electron chi connectivity index (χ1n) is 7.49. The molecule has 0 saturated carbocycles. The van der Waals surface area contributed by atoms with Crippen molar-refractivity contribution in [2.45, 2.75) is 33.1 Å². The van der Waals surface area contributed by atoms with Crippen LogP contribution in [-0.2, 0) is 5.41 Å². The van der Waals surface area contributed by atoms with E-state index in [1.165, 1.54) is 5.56 Å². The number of hydrazone groups is 1. The highest BCUT2D eigenvalue weighted by molar-refractivity contribution is 6.34. The maximum absolute atomic E-state index is 12.2. The topological polar surface area (TPSA) is 41.5 Å². The maximum Gasteiger partial charge on any atom is 0.271 e. The van der Waals surface area contributed by atoms with Crippen LogP contribution in [0.2, 0.25) is 5.02 Å². The average Bonchev–Trinajstić information content (AvgIpc) is 2.52. The fraction of sp³-hybridized carbons (Fsp3) is 0.263. The van der Waals surface area contributed by atoms with Gasteiger partial charge in [-0.15, -0.1) is 0 Å². The van der Waals surface area contributed by atoms with Crippen molar-refractivity contribution in [2.24, 2.45) is 5.10 Å². The number of benzene rings is 2. The Labute approximate surface area is 142 Å². The Bertz CT molecular complexity index is 728. The maximum atomic E-state index is 12.2. The molecule has 1 N–H and O–H groups in total. The van der Waals surface area contributed by atoms with Crippen molar-refractivity contribution in [2.75, 3.05) is 0 Å². The molecule has 0 heterocycles. The molecule has 0 aliphatic rings. The van der Waals surface area contributed by atoms with Crippen molar-refractivity contribution in [3.8, 4) is 0 Å². The van der Waals surface area contributed by atoms with E-state index in [2.05, 4.69) is 31.3 Å². The van der Waals surface area contributed by atoms with Gasteiger partial charge in [-0.05, 0) is 36.1 Å². The number of rotatable bonds is 3. The fourth-order valence-corrected chi connectivity index (χ4v) is 2.41. The lowest BCUT2D eigenvalue weighted by Crippen LogP contribution is -2.20. The van der Waals surface area contributed by atoms with E-state index in [1.54, 1.807) is 6.07 Å². The minimum atomic E-state index is -0.239. The van der Waals surface area contributed by atoms with Crippen molar-refractivity contribution in [1.82, 2.24) is 5.43 Å². The smallest absolute Gasteiger partial charge is 0.267 e. The summed E-state index contributed by atoms with van der Waals surface area (Å²) in [4.78, 5) is 12.2. The minimum absolute atomic E-state index is 0.0633. The lowest BCUT2D eigenvalue weighted by Gasteiger charge is -2.18. The molecule has 23 heavy (non-hydrogen) atoms. The van der Waals surface area contributed by atoms with Gasteiger partial charge in [0, 0.05) is 16.1 Å². The van der Waals surface area contributed by atoms with Crippen molar-refractivity contribution in [1.29, 1.82) is 0 Å². The Morgan fingerprint density at radius 2 is 1.65 bits per heavy atom. The highest BCUT2D eigenvalue weighted by Gasteiger charge is 2.14. The van der Waals surface area contributed by atoms with E-state index in [-0.39, 0.29) is 11.3 Å². The van der Waals surface area contributed by atoms with Gasteiger partial charge in [-0.3, -0.25) is 4.79 Å². The van der Waals surface area contributed by atoms with Crippen LogP contribution in [0.25, 0.3) is 0 Å². The quantitative estimate of drug-likeness (QED) is 0.638. The summed E-state index contributed by atoms with van der Waals surface area (Å²) in [6, 6.07) is 15.0. The third-order valence-corrected chi connectivity index (χ3v) is 3.93. The average molecular weight is 329 g/mol. The molecule has 0 aliphatic heterocycles. The summed E-state index contributed by atoms with van der Waals surface area (Å²) in [5.74, 6) is -0.239. The zero-order valence-electron chi connectivity index (χ0n) is 13.9. The SMILES string of the molecule is C/C(=N/NC(=O)c1ccc(C(C)(C)C)cc1)c1ccccc1Cl. The van der Waals surface area contributed by atoms with Crippen LogP contribution in [0.1, 0.15) is 49.2 Å². The van der Waals surface area contributed by atoms with E-state index in [0.29, 0.717) is 16.3 Å². The van der Waals surface area contributed by atoms with Crippen LogP contribution >= 0.6 is 11.6 Å². The molecule has 0 bridgehead atoms. The fourth-order valence-electron chi connectivity index (χ4n) is 2.14. The standard InChI is InChI=1S/C19H21ClN2O/c1-13(16-7-5-6-8-17(16)20)21-22-18(23)14-9-11-15(12-10-14)19(2,3)4/h5-12H,1-4H3,(H,22,23)/b21-13-. The van der Waals surface area contributed by atoms with Crippen LogP contribution in [0.3, 0.4) is 0 Å². The zero-order chi connectivity index (χ0) is 17.0. The second kappa shape index (κ2) is 6.97. The lowest BCUT2D eigenvalue weighted by atomic mass is 9.87. The first kappa shape index (κ1) is 17.2. The molecule has 0 fully saturated rings. The molecule has 0 aromatic heterocycles. The van der Waals surface area contributed by atoms with Crippen LogP contribution in [0, 0.1) is 0 Å². The van der Waals surface area contributed by atoms with E-state index in [4.69, 9.17) is 11.6 Å². The van der Waals surface area contributed by atoms with Gasteiger partial charge in [0.25, 0.3) is 5.91 Å². The normalized spacial score (nSPS) is 12.1. The van der Waals surface area contributed by atoms with E-state index in [0.717, 1.165) is 5.56 Å². The molecule has 0 saturated heterocycles. The van der Waals surface area contributed by atoms with Gasteiger partial charge in [0.05, 0.1) is 5.71 Å². The number of amides is 1. The molecule has 0 unspecified atom stereocenters. The summed E-state index contributed by atoms with van der Waals surface area (Å²) >= 11 is 6.12. The third-order valence-electron chi connectivity index (χ3n) is 3.60. The molecule has 2 rings (SSSR count). The van der Waals surface area contributed by atoms with E-state index in [9.17, 15) is 4.79 Å². The van der Waals surface area contributed by atoms with E-state index in [1.807, 2.05) is 49.4 Å². The molecule has 2 aromatic carbocycles. The van der Waals surface area contributed by atoms with Crippen LogP contribution in [0.5, 0.6) is 0 Å². The molecule has 2 aromatic rings. The summed E-state index contributed by atoms with van der Waals surface area (Å²) in [6.45, 7) is 8.22. The van der Waals surface area contributed by atoms with Crippen LogP contribution < -0.4 is 5.43 Å². The van der Waals surface area contributed by atoms with E-state index >= 15 is 0 Å². The number of carbonyl (C=O) groups excluding carboxylic acids is 1. The molecule has 120 valence electrons. The van der Waals surface area contributed by atoms with Gasteiger partial charge in [0.15, 0.2) is 0 Å². The predicted octanol–water partition coefficient (Wildman–Crippen LogP) is 4.79. The summed E-state index contributed by atoms with van der Waals surface area (Å²) in [5, 5.41) is 4.74. The monoisotopic (exact) mass is 328 g/mol. The first-order chi connectivity index (χ1) is 10.8. The van der Waals surface area contributed by atoms with Gasteiger partial charge in [0.1, 0.15) is 0 Å². The first-order valence-corrected chi connectivity index (χ1v) is 7.87. The Morgan fingerprint density at radius 1 is 1.04 bits per heavy atom. The minimum Gasteiger partial charge on any atom is -0.267 e. The Morgan fingerprint density at radius 3 is 2.22 bits per heavy atom. The largest absolute Gasteiger partial charge is 0.271 e. The summed E-state index contributed by atoms with van der Waals surface area (Å²) in [7, 11) is 0.